The van der Waals surface area contributed by atoms with Crippen LogP contribution in [0.3, 0.4) is 0 Å². The van der Waals surface area contributed by atoms with Crippen LogP contribution in [0.4, 0.5) is 13.2 Å². The third-order valence-corrected chi connectivity index (χ3v) is 6.18. The zero-order valence-electron chi connectivity index (χ0n) is 18.0. The van der Waals surface area contributed by atoms with Crippen molar-refractivity contribution in [2.45, 2.75) is 19.0 Å². The summed E-state index contributed by atoms with van der Waals surface area (Å²) in [5.41, 5.74) is -0.246. The van der Waals surface area contributed by atoms with E-state index in [-0.39, 0.29) is 35.7 Å². The lowest BCUT2D eigenvalue weighted by Crippen LogP contribution is -2.14. The Hall–Kier alpha value is -3.50. The highest BCUT2D eigenvalue weighted by Gasteiger charge is 2.35. The molecule has 1 aromatic carbocycles. The largest absolute Gasteiger partial charge is 0.493 e. The molecule has 0 atom stereocenters. The molecule has 0 radical (unpaired) electrons. The van der Waals surface area contributed by atoms with E-state index in [1.54, 1.807) is 24.7 Å². The number of pyridine rings is 2. The van der Waals surface area contributed by atoms with Crippen LogP contribution in [0.25, 0.3) is 32.5 Å². The van der Waals surface area contributed by atoms with Crippen molar-refractivity contribution in [2.24, 2.45) is 0 Å². The van der Waals surface area contributed by atoms with Crippen molar-refractivity contribution in [1.82, 2.24) is 19.9 Å². The van der Waals surface area contributed by atoms with Crippen molar-refractivity contribution in [2.75, 3.05) is 6.61 Å². The summed E-state index contributed by atoms with van der Waals surface area (Å²) in [7, 11) is 0. The fourth-order valence-electron chi connectivity index (χ4n) is 3.63. The predicted octanol–water partition coefficient (Wildman–Crippen LogP) is 6.05. The van der Waals surface area contributed by atoms with Gasteiger partial charge in [0.2, 0.25) is 0 Å². The molecule has 180 valence electrons. The van der Waals surface area contributed by atoms with Crippen LogP contribution >= 0.6 is 23.7 Å². The van der Waals surface area contributed by atoms with E-state index in [2.05, 4.69) is 19.9 Å². The highest BCUT2D eigenvalue weighted by molar-refractivity contribution is 7.17. The van der Waals surface area contributed by atoms with Gasteiger partial charge in [-0.05, 0) is 65.6 Å². The SMILES string of the molecule is Cl.O=c1[nH]c(-c2cc3ccsc3cn2)nc2cc(C(F)(F)F)c(OCCCc3ccncc3)cc12. The van der Waals surface area contributed by atoms with Gasteiger partial charge in [0, 0.05) is 18.6 Å². The van der Waals surface area contributed by atoms with E-state index in [1.807, 2.05) is 23.6 Å². The molecular formula is C24H18ClF3N4O2S. The number of H-pyrrole nitrogens is 1. The molecule has 0 spiro atoms. The zero-order chi connectivity index (χ0) is 23.7. The van der Waals surface area contributed by atoms with Gasteiger partial charge in [0.05, 0.1) is 27.8 Å². The molecule has 0 bridgehead atoms. The van der Waals surface area contributed by atoms with Gasteiger partial charge in [-0.25, -0.2) is 4.98 Å². The Balaban J connectivity index is 0.00000289. The lowest BCUT2D eigenvalue weighted by atomic mass is 10.1. The Morgan fingerprint density at radius 1 is 1.09 bits per heavy atom. The molecule has 5 aromatic rings. The zero-order valence-corrected chi connectivity index (χ0v) is 19.6. The highest BCUT2D eigenvalue weighted by Crippen LogP contribution is 2.38. The minimum absolute atomic E-state index is 0. The van der Waals surface area contributed by atoms with Crippen LogP contribution in [-0.2, 0) is 12.6 Å². The first-order valence-electron chi connectivity index (χ1n) is 10.4. The Kier molecular flexibility index (Phi) is 7.04. The van der Waals surface area contributed by atoms with Crippen molar-refractivity contribution >= 4 is 44.7 Å². The predicted molar refractivity (Wildman–Crippen MR) is 131 cm³/mol. The van der Waals surface area contributed by atoms with Crippen molar-refractivity contribution < 1.29 is 17.9 Å². The third-order valence-electron chi connectivity index (χ3n) is 5.31. The number of hydrogen-bond donors (Lipinski definition) is 1. The van der Waals surface area contributed by atoms with Gasteiger partial charge in [0.1, 0.15) is 11.4 Å². The fraction of sp³-hybridized carbons (Fsp3) is 0.167. The maximum Gasteiger partial charge on any atom is 0.420 e. The van der Waals surface area contributed by atoms with Gasteiger partial charge in [-0.15, -0.1) is 23.7 Å². The molecule has 0 amide bonds. The van der Waals surface area contributed by atoms with Crippen LogP contribution in [0.1, 0.15) is 17.5 Å². The summed E-state index contributed by atoms with van der Waals surface area (Å²) in [5, 5.41) is 2.82. The van der Waals surface area contributed by atoms with Gasteiger partial charge >= 0.3 is 6.18 Å². The number of hydrogen-bond acceptors (Lipinski definition) is 6. The molecule has 4 aromatic heterocycles. The molecule has 0 saturated heterocycles. The maximum atomic E-state index is 13.8. The van der Waals surface area contributed by atoms with Gasteiger partial charge in [-0.3, -0.25) is 14.8 Å². The number of thiophene rings is 1. The Bertz CT molecular complexity index is 1540. The number of aromatic amines is 1. The Morgan fingerprint density at radius 2 is 1.89 bits per heavy atom. The van der Waals surface area contributed by atoms with Crippen LogP contribution in [0.5, 0.6) is 5.75 Å². The molecular weight excluding hydrogens is 501 g/mol. The highest BCUT2D eigenvalue weighted by atomic mass is 35.5. The second-order valence-corrected chi connectivity index (χ2v) is 8.56. The number of ether oxygens (including phenoxy) is 1. The lowest BCUT2D eigenvalue weighted by molar-refractivity contribution is -0.138. The first-order chi connectivity index (χ1) is 16.4. The molecule has 11 heteroatoms. The third kappa shape index (κ3) is 5.28. The Morgan fingerprint density at radius 3 is 2.66 bits per heavy atom. The number of benzene rings is 1. The molecule has 5 rings (SSSR count). The first kappa shape index (κ1) is 24.6. The second-order valence-electron chi connectivity index (χ2n) is 7.61. The molecule has 6 nitrogen and oxygen atoms in total. The number of aryl methyl sites for hydroxylation is 1. The number of alkyl halides is 3. The number of rotatable bonds is 6. The van der Waals surface area contributed by atoms with Crippen LogP contribution in [-0.4, -0.2) is 26.5 Å². The normalized spacial score (nSPS) is 11.5. The number of aromatic nitrogens is 4. The average molecular weight is 519 g/mol. The monoisotopic (exact) mass is 518 g/mol. The van der Waals surface area contributed by atoms with Crippen molar-refractivity contribution in [3.05, 3.63) is 81.8 Å². The van der Waals surface area contributed by atoms with Crippen LogP contribution in [0.2, 0.25) is 0 Å². The maximum absolute atomic E-state index is 13.8. The van der Waals surface area contributed by atoms with E-state index in [1.165, 1.54) is 11.3 Å². The molecule has 0 aliphatic heterocycles. The molecule has 0 aliphatic carbocycles. The van der Waals surface area contributed by atoms with E-state index < -0.39 is 23.0 Å². The number of halogens is 4. The van der Waals surface area contributed by atoms with Crippen LogP contribution < -0.4 is 10.3 Å². The Labute approximate surface area is 207 Å². The molecule has 0 unspecified atom stereocenters. The summed E-state index contributed by atoms with van der Waals surface area (Å²) >= 11 is 1.51. The van der Waals surface area contributed by atoms with Gasteiger partial charge in [0.25, 0.3) is 5.56 Å². The van der Waals surface area contributed by atoms with E-state index in [9.17, 15) is 18.0 Å². The van der Waals surface area contributed by atoms with E-state index in [0.717, 1.165) is 27.8 Å². The standard InChI is InChI=1S/C24H17F3N4O2S.ClH/c25-24(26,27)17-12-18-16(11-20(17)33-8-1-2-14-3-6-28-7-4-14)23(32)31-22(30-18)19-10-15-5-9-34-21(15)13-29-19;/h3-7,9-13H,1-2,8H2,(H,30,31,32);1H. The first-order valence-corrected chi connectivity index (χ1v) is 11.3. The van der Waals surface area contributed by atoms with Crippen molar-refractivity contribution in [3.8, 4) is 17.3 Å². The van der Waals surface area contributed by atoms with Crippen LogP contribution in [0, 0.1) is 0 Å². The summed E-state index contributed by atoms with van der Waals surface area (Å²) in [6.45, 7) is 0.0604. The molecule has 35 heavy (non-hydrogen) atoms. The van der Waals surface area contributed by atoms with Crippen molar-refractivity contribution in [3.63, 3.8) is 0 Å². The smallest absolute Gasteiger partial charge is 0.420 e. The quantitative estimate of drug-likeness (QED) is 0.277. The van der Waals surface area contributed by atoms with Gasteiger partial charge in [0.15, 0.2) is 5.82 Å². The summed E-state index contributed by atoms with van der Waals surface area (Å²) in [6.07, 6.45) is 1.41. The number of fused-ring (bicyclic) bond motifs is 2. The van der Waals surface area contributed by atoms with E-state index in [4.69, 9.17) is 4.74 Å². The van der Waals surface area contributed by atoms with E-state index >= 15 is 0 Å². The topological polar surface area (TPSA) is 80.8 Å². The van der Waals surface area contributed by atoms with Gasteiger partial charge in [-0.2, -0.15) is 13.2 Å². The molecule has 0 fully saturated rings. The fourth-order valence-corrected chi connectivity index (χ4v) is 4.37. The number of nitrogens with one attached hydrogen (secondary N) is 1. The summed E-state index contributed by atoms with van der Waals surface area (Å²) in [6, 6.07) is 9.27. The molecule has 1 N–H and O–H groups in total. The van der Waals surface area contributed by atoms with Gasteiger partial charge in [-0.1, -0.05) is 0 Å². The minimum atomic E-state index is -4.67. The molecule has 4 heterocycles. The molecule has 0 saturated carbocycles. The van der Waals surface area contributed by atoms with Crippen molar-refractivity contribution in [1.29, 1.82) is 0 Å². The van der Waals surface area contributed by atoms with Crippen LogP contribution in [0.15, 0.2) is 65.2 Å². The van der Waals surface area contributed by atoms with Gasteiger partial charge < -0.3 is 9.72 Å². The summed E-state index contributed by atoms with van der Waals surface area (Å²) < 4.78 is 47.8. The summed E-state index contributed by atoms with van der Waals surface area (Å²) in [4.78, 5) is 27.9. The summed E-state index contributed by atoms with van der Waals surface area (Å²) in [5.74, 6) is -0.294. The molecule has 0 aliphatic rings. The second kappa shape index (κ2) is 10.0. The minimum Gasteiger partial charge on any atom is -0.493 e. The van der Waals surface area contributed by atoms with E-state index in [0.29, 0.717) is 18.5 Å². The average Bonchev–Trinajstić information content (AvgIpc) is 3.29. The number of nitrogens with zero attached hydrogens (tertiary/aromatic N) is 3. The lowest BCUT2D eigenvalue weighted by Gasteiger charge is -2.15.